The molecule has 0 aromatic carbocycles. The number of aliphatic hydroxyl groups excluding tert-OH is 1. The lowest BCUT2D eigenvalue weighted by molar-refractivity contribution is 0.201. The predicted molar refractivity (Wildman–Crippen MR) is 69.2 cm³/mol. The summed E-state index contributed by atoms with van der Waals surface area (Å²) in [4.78, 5) is 2.25. The quantitative estimate of drug-likeness (QED) is 0.788. The Bertz CT molecular complexity index is 313. The van der Waals surface area contributed by atoms with Crippen LogP contribution in [-0.4, -0.2) is 22.1 Å². The van der Waals surface area contributed by atoms with Gasteiger partial charge in [0.05, 0.1) is 11.7 Å². The average molecular weight is 223 g/mol. The van der Waals surface area contributed by atoms with Gasteiger partial charge >= 0.3 is 0 Å². The summed E-state index contributed by atoms with van der Waals surface area (Å²) in [6, 6.07) is 0.672. The Labute approximate surface area is 99.7 Å². The zero-order valence-corrected chi connectivity index (χ0v) is 11.4. The minimum atomic E-state index is 0.299. The summed E-state index contributed by atoms with van der Waals surface area (Å²) in [7, 11) is 0. The Morgan fingerprint density at radius 3 is 1.94 bits per heavy atom. The molecule has 1 unspecified atom stereocenters. The maximum atomic E-state index is 10.2. The van der Waals surface area contributed by atoms with Crippen LogP contribution in [0, 0.1) is 11.8 Å². The third kappa shape index (κ3) is 1.98. The largest absolute Gasteiger partial charge is 0.506 e. The van der Waals surface area contributed by atoms with Gasteiger partial charge in [-0.3, -0.25) is 0 Å². The van der Waals surface area contributed by atoms with Gasteiger partial charge in [0.15, 0.2) is 0 Å². The second-order valence-corrected chi connectivity index (χ2v) is 5.60. The summed E-state index contributed by atoms with van der Waals surface area (Å²) in [5, 5.41) is 10.2. The lowest BCUT2D eigenvalue weighted by Crippen LogP contribution is -2.40. The van der Waals surface area contributed by atoms with E-state index in [0.717, 1.165) is 11.3 Å². The second kappa shape index (κ2) is 4.52. The number of rotatable bonds is 3. The molecule has 0 aromatic rings. The number of nitrogens with zero attached hydrogens (tertiary/aromatic N) is 1. The smallest absolute Gasteiger partial charge is 0.139 e. The van der Waals surface area contributed by atoms with Gasteiger partial charge in [0.25, 0.3) is 0 Å². The van der Waals surface area contributed by atoms with Gasteiger partial charge in [0.2, 0.25) is 0 Å². The molecule has 0 fully saturated rings. The van der Waals surface area contributed by atoms with Crippen molar-refractivity contribution < 1.29 is 5.11 Å². The summed E-state index contributed by atoms with van der Waals surface area (Å²) in [6.45, 7) is 17.0. The fourth-order valence-electron chi connectivity index (χ4n) is 2.67. The first kappa shape index (κ1) is 13.1. The van der Waals surface area contributed by atoms with Gasteiger partial charge in [-0.1, -0.05) is 34.3 Å². The highest BCUT2D eigenvalue weighted by Crippen LogP contribution is 2.39. The zero-order valence-electron chi connectivity index (χ0n) is 11.4. The first-order chi connectivity index (χ1) is 7.29. The fourth-order valence-corrected chi connectivity index (χ4v) is 2.67. The maximum Gasteiger partial charge on any atom is 0.139 e. The van der Waals surface area contributed by atoms with Crippen LogP contribution in [0.1, 0.15) is 41.5 Å². The van der Waals surface area contributed by atoms with Crippen LogP contribution < -0.4 is 0 Å². The molecule has 1 aliphatic rings. The minimum absolute atomic E-state index is 0.299. The molecule has 92 valence electrons. The Balaban J connectivity index is 3.19. The van der Waals surface area contributed by atoms with Gasteiger partial charge in [-0.15, -0.1) is 0 Å². The predicted octanol–water partition coefficient (Wildman–Crippen LogP) is 3.72. The topological polar surface area (TPSA) is 23.5 Å². The number of aliphatic hydroxyl groups is 1. The first-order valence-electron chi connectivity index (χ1n) is 6.19. The molecular weight excluding hydrogens is 198 g/mol. The van der Waals surface area contributed by atoms with Crippen molar-refractivity contribution in [2.45, 2.75) is 53.6 Å². The van der Waals surface area contributed by atoms with Crippen molar-refractivity contribution in [3.63, 3.8) is 0 Å². The summed E-state index contributed by atoms with van der Waals surface area (Å²) in [6.07, 6.45) is 0. The van der Waals surface area contributed by atoms with Crippen LogP contribution in [-0.2, 0) is 0 Å². The van der Waals surface area contributed by atoms with Gasteiger partial charge < -0.3 is 10.0 Å². The zero-order chi connectivity index (χ0) is 12.6. The molecule has 1 aliphatic heterocycles. The molecule has 0 radical (unpaired) electrons. The van der Waals surface area contributed by atoms with Crippen molar-refractivity contribution >= 4 is 0 Å². The monoisotopic (exact) mass is 223 g/mol. The van der Waals surface area contributed by atoms with E-state index in [4.69, 9.17) is 0 Å². The molecule has 2 nitrogen and oxygen atoms in total. The molecule has 0 bridgehead atoms. The van der Waals surface area contributed by atoms with Crippen LogP contribution >= 0.6 is 0 Å². The SMILES string of the molecule is C=C1C(O)=C(C(C)C)C(C(C)C)N1C(C)C. The maximum absolute atomic E-state index is 10.2. The normalized spacial score (nSPS) is 22.2. The summed E-state index contributed by atoms with van der Waals surface area (Å²) >= 11 is 0. The van der Waals surface area contributed by atoms with Crippen LogP contribution in [0.25, 0.3) is 0 Å². The summed E-state index contributed by atoms with van der Waals surface area (Å²) < 4.78 is 0. The van der Waals surface area contributed by atoms with E-state index in [1.807, 2.05) is 0 Å². The van der Waals surface area contributed by atoms with E-state index in [-0.39, 0.29) is 0 Å². The van der Waals surface area contributed by atoms with E-state index < -0.39 is 0 Å². The van der Waals surface area contributed by atoms with Crippen LogP contribution in [0.15, 0.2) is 23.6 Å². The van der Waals surface area contributed by atoms with E-state index in [9.17, 15) is 5.11 Å². The molecule has 0 saturated heterocycles. The molecular formula is C14H25NO. The lowest BCUT2D eigenvalue weighted by atomic mass is 9.89. The summed E-state index contributed by atoms with van der Waals surface area (Å²) in [5.74, 6) is 1.27. The van der Waals surface area contributed by atoms with Crippen LogP contribution in [0.4, 0.5) is 0 Å². The van der Waals surface area contributed by atoms with Gasteiger partial charge in [-0.05, 0) is 31.3 Å². The third-order valence-corrected chi connectivity index (χ3v) is 3.29. The van der Waals surface area contributed by atoms with E-state index in [0.29, 0.717) is 29.7 Å². The Kier molecular flexibility index (Phi) is 3.72. The Morgan fingerprint density at radius 2 is 1.62 bits per heavy atom. The van der Waals surface area contributed by atoms with Gasteiger partial charge in [0.1, 0.15) is 5.76 Å². The van der Waals surface area contributed by atoms with E-state index in [1.165, 1.54) is 0 Å². The second-order valence-electron chi connectivity index (χ2n) is 5.60. The molecule has 0 aliphatic carbocycles. The van der Waals surface area contributed by atoms with Crippen LogP contribution in [0.5, 0.6) is 0 Å². The lowest BCUT2D eigenvalue weighted by Gasteiger charge is -2.36. The van der Waals surface area contributed by atoms with Crippen molar-refractivity contribution in [1.29, 1.82) is 0 Å². The van der Waals surface area contributed by atoms with E-state index >= 15 is 0 Å². The van der Waals surface area contributed by atoms with E-state index in [1.54, 1.807) is 0 Å². The highest BCUT2D eigenvalue weighted by molar-refractivity contribution is 5.39. The van der Waals surface area contributed by atoms with E-state index in [2.05, 4.69) is 53.0 Å². The van der Waals surface area contributed by atoms with Crippen molar-refractivity contribution in [2.24, 2.45) is 11.8 Å². The van der Waals surface area contributed by atoms with Gasteiger partial charge in [0, 0.05) is 6.04 Å². The molecule has 0 amide bonds. The fraction of sp³-hybridized carbons (Fsp3) is 0.714. The van der Waals surface area contributed by atoms with Crippen LogP contribution in [0.2, 0.25) is 0 Å². The molecule has 16 heavy (non-hydrogen) atoms. The Morgan fingerprint density at radius 1 is 1.12 bits per heavy atom. The van der Waals surface area contributed by atoms with Crippen molar-refractivity contribution in [1.82, 2.24) is 4.90 Å². The molecule has 1 atom stereocenters. The molecule has 2 heteroatoms. The van der Waals surface area contributed by atoms with Gasteiger partial charge in [-0.25, -0.2) is 0 Å². The Hall–Kier alpha value is -0.920. The first-order valence-corrected chi connectivity index (χ1v) is 6.19. The van der Waals surface area contributed by atoms with Crippen LogP contribution in [0.3, 0.4) is 0 Å². The number of hydrogen-bond acceptors (Lipinski definition) is 2. The highest BCUT2D eigenvalue weighted by Gasteiger charge is 2.39. The standard InChI is InChI=1S/C14H25NO/c1-8(2)12-13(9(3)4)15(10(5)6)11(7)14(12)16/h8-10,13,16H,7H2,1-6H3. The summed E-state index contributed by atoms with van der Waals surface area (Å²) in [5.41, 5.74) is 1.94. The van der Waals surface area contributed by atoms with Crippen molar-refractivity contribution in [3.05, 3.63) is 23.6 Å². The van der Waals surface area contributed by atoms with Gasteiger partial charge in [-0.2, -0.15) is 0 Å². The minimum Gasteiger partial charge on any atom is -0.506 e. The third-order valence-electron chi connectivity index (χ3n) is 3.29. The number of hydrogen-bond donors (Lipinski definition) is 1. The van der Waals surface area contributed by atoms with Crippen molar-refractivity contribution in [2.75, 3.05) is 0 Å². The molecule has 1 rings (SSSR count). The molecule has 0 spiro atoms. The average Bonchev–Trinajstić information content (AvgIpc) is 2.39. The molecule has 1 N–H and O–H groups in total. The molecule has 0 saturated carbocycles. The molecule has 1 heterocycles. The highest BCUT2D eigenvalue weighted by atomic mass is 16.3. The van der Waals surface area contributed by atoms with Crippen molar-refractivity contribution in [3.8, 4) is 0 Å². The molecule has 0 aromatic heterocycles.